The van der Waals surface area contributed by atoms with Crippen LogP contribution in [-0.2, 0) is 4.79 Å². The van der Waals surface area contributed by atoms with Crippen molar-refractivity contribution in [1.29, 1.82) is 0 Å². The Balaban J connectivity index is 2.00. The zero-order valence-corrected chi connectivity index (χ0v) is 13.1. The van der Waals surface area contributed by atoms with E-state index in [4.69, 9.17) is 9.84 Å². The molecule has 5 nitrogen and oxygen atoms in total. The molecular weight excluding hydrogens is 294 g/mol. The van der Waals surface area contributed by atoms with Crippen LogP contribution in [0.3, 0.4) is 0 Å². The van der Waals surface area contributed by atoms with Crippen molar-refractivity contribution >= 4 is 17.6 Å². The highest BCUT2D eigenvalue weighted by Crippen LogP contribution is 2.18. The smallest absolute Gasteiger partial charge is 0.306 e. The van der Waals surface area contributed by atoms with Gasteiger partial charge in [-0.3, -0.25) is 9.59 Å². The summed E-state index contributed by atoms with van der Waals surface area (Å²) in [6, 6.07) is 12.5. The van der Waals surface area contributed by atoms with Gasteiger partial charge in [-0.05, 0) is 55.3 Å². The van der Waals surface area contributed by atoms with Gasteiger partial charge >= 0.3 is 5.97 Å². The average molecular weight is 313 g/mol. The van der Waals surface area contributed by atoms with Crippen LogP contribution in [0.5, 0.6) is 5.75 Å². The van der Waals surface area contributed by atoms with E-state index < -0.39 is 5.97 Å². The van der Waals surface area contributed by atoms with E-state index in [0.717, 1.165) is 16.8 Å². The van der Waals surface area contributed by atoms with Crippen molar-refractivity contribution in [3.63, 3.8) is 0 Å². The summed E-state index contributed by atoms with van der Waals surface area (Å²) in [7, 11) is 0. The van der Waals surface area contributed by atoms with E-state index in [2.05, 4.69) is 5.32 Å². The fourth-order valence-corrected chi connectivity index (χ4v) is 2.02. The van der Waals surface area contributed by atoms with Gasteiger partial charge in [0.15, 0.2) is 0 Å². The summed E-state index contributed by atoms with van der Waals surface area (Å²) in [5.41, 5.74) is 3.37. The predicted octanol–water partition coefficient (Wildman–Crippen LogP) is 3.41. The number of hydrogen-bond acceptors (Lipinski definition) is 3. The highest BCUT2D eigenvalue weighted by Gasteiger charge is 2.08. The number of aryl methyl sites for hydroxylation is 2. The Morgan fingerprint density at radius 2 is 1.78 bits per heavy atom. The molecule has 0 spiro atoms. The van der Waals surface area contributed by atoms with Crippen LogP contribution >= 0.6 is 0 Å². The third-order valence-corrected chi connectivity index (χ3v) is 3.34. The molecule has 2 N–H and O–H groups in total. The number of carboxylic acids is 1. The van der Waals surface area contributed by atoms with Crippen LogP contribution < -0.4 is 10.1 Å². The second kappa shape index (κ2) is 7.45. The summed E-state index contributed by atoms with van der Waals surface area (Å²) in [5.74, 6) is -0.570. The molecule has 0 unspecified atom stereocenters. The molecule has 0 heterocycles. The molecule has 0 bridgehead atoms. The van der Waals surface area contributed by atoms with E-state index in [1.807, 2.05) is 32.0 Å². The Hall–Kier alpha value is -2.82. The minimum atomic E-state index is -0.908. The van der Waals surface area contributed by atoms with Gasteiger partial charge in [0.25, 0.3) is 5.91 Å². The maximum atomic E-state index is 12.3. The molecule has 0 saturated carbocycles. The van der Waals surface area contributed by atoms with Crippen LogP contribution in [0, 0.1) is 13.8 Å². The molecule has 23 heavy (non-hydrogen) atoms. The van der Waals surface area contributed by atoms with Crippen LogP contribution in [0.1, 0.15) is 27.9 Å². The number of benzene rings is 2. The van der Waals surface area contributed by atoms with Gasteiger partial charge in [-0.15, -0.1) is 0 Å². The minimum Gasteiger partial charge on any atom is -0.493 e. The topological polar surface area (TPSA) is 75.6 Å². The SMILES string of the molecule is Cc1ccc(C)c(NC(=O)c2ccc(OCCC(=O)O)cc2)c1. The highest BCUT2D eigenvalue weighted by atomic mass is 16.5. The molecular formula is C18H19NO4. The number of rotatable bonds is 6. The molecule has 2 aromatic rings. The van der Waals surface area contributed by atoms with Gasteiger partial charge in [0.1, 0.15) is 5.75 Å². The Labute approximate surface area is 134 Å². The van der Waals surface area contributed by atoms with Crippen molar-refractivity contribution in [2.24, 2.45) is 0 Å². The molecule has 0 saturated heterocycles. The number of anilines is 1. The Kier molecular flexibility index (Phi) is 5.36. The molecule has 2 rings (SSSR count). The van der Waals surface area contributed by atoms with Crippen LogP contribution in [-0.4, -0.2) is 23.6 Å². The first-order valence-electron chi connectivity index (χ1n) is 7.29. The summed E-state index contributed by atoms with van der Waals surface area (Å²) < 4.78 is 5.29. The maximum Gasteiger partial charge on any atom is 0.306 e. The number of amides is 1. The number of ether oxygens (including phenoxy) is 1. The number of carbonyl (C=O) groups is 2. The fraction of sp³-hybridized carbons (Fsp3) is 0.222. The molecule has 0 aromatic heterocycles. The average Bonchev–Trinajstić information content (AvgIpc) is 2.51. The summed E-state index contributed by atoms with van der Waals surface area (Å²) in [4.78, 5) is 22.7. The Bertz CT molecular complexity index is 707. The molecule has 0 radical (unpaired) electrons. The first kappa shape index (κ1) is 16.5. The lowest BCUT2D eigenvalue weighted by molar-refractivity contribution is -0.137. The van der Waals surface area contributed by atoms with E-state index >= 15 is 0 Å². The van der Waals surface area contributed by atoms with Crippen LogP contribution in [0.2, 0.25) is 0 Å². The van der Waals surface area contributed by atoms with Gasteiger partial charge in [-0.2, -0.15) is 0 Å². The number of hydrogen-bond donors (Lipinski definition) is 2. The predicted molar refractivity (Wildman–Crippen MR) is 88.1 cm³/mol. The first-order chi connectivity index (χ1) is 11.0. The van der Waals surface area contributed by atoms with E-state index in [9.17, 15) is 9.59 Å². The van der Waals surface area contributed by atoms with Crippen molar-refractivity contribution in [1.82, 2.24) is 0 Å². The fourth-order valence-electron chi connectivity index (χ4n) is 2.02. The minimum absolute atomic E-state index is 0.0606. The largest absolute Gasteiger partial charge is 0.493 e. The van der Waals surface area contributed by atoms with Crippen LogP contribution in [0.4, 0.5) is 5.69 Å². The lowest BCUT2D eigenvalue weighted by Gasteiger charge is -2.10. The lowest BCUT2D eigenvalue weighted by Crippen LogP contribution is -2.13. The Morgan fingerprint density at radius 3 is 2.43 bits per heavy atom. The molecule has 5 heteroatoms. The van der Waals surface area contributed by atoms with Crippen molar-refractivity contribution < 1.29 is 19.4 Å². The van der Waals surface area contributed by atoms with Gasteiger partial charge in [0.2, 0.25) is 0 Å². The summed E-state index contributed by atoms with van der Waals surface area (Å²) in [5, 5.41) is 11.4. The van der Waals surface area contributed by atoms with Gasteiger partial charge in [-0.25, -0.2) is 0 Å². The van der Waals surface area contributed by atoms with Crippen molar-refractivity contribution in [2.75, 3.05) is 11.9 Å². The number of carbonyl (C=O) groups excluding carboxylic acids is 1. The zero-order chi connectivity index (χ0) is 16.8. The van der Waals surface area contributed by atoms with Crippen molar-refractivity contribution in [3.8, 4) is 5.75 Å². The van der Waals surface area contributed by atoms with E-state index in [0.29, 0.717) is 11.3 Å². The molecule has 1 amide bonds. The molecule has 2 aromatic carbocycles. The third-order valence-electron chi connectivity index (χ3n) is 3.34. The molecule has 120 valence electrons. The number of carboxylic acid groups (broad SMARTS) is 1. The van der Waals surface area contributed by atoms with Gasteiger partial charge in [0, 0.05) is 11.3 Å². The molecule has 0 aliphatic carbocycles. The zero-order valence-electron chi connectivity index (χ0n) is 13.1. The molecule has 0 fully saturated rings. The maximum absolute atomic E-state index is 12.3. The second-order valence-electron chi connectivity index (χ2n) is 5.29. The van der Waals surface area contributed by atoms with Crippen LogP contribution in [0.15, 0.2) is 42.5 Å². The third kappa shape index (κ3) is 4.85. The summed E-state index contributed by atoms with van der Waals surface area (Å²) in [6.45, 7) is 4.01. The summed E-state index contributed by atoms with van der Waals surface area (Å²) in [6.07, 6.45) is -0.0606. The van der Waals surface area contributed by atoms with E-state index in [1.165, 1.54) is 0 Å². The lowest BCUT2D eigenvalue weighted by atomic mass is 10.1. The molecule has 0 aliphatic rings. The quantitative estimate of drug-likeness (QED) is 0.857. The second-order valence-corrected chi connectivity index (χ2v) is 5.29. The monoisotopic (exact) mass is 313 g/mol. The van der Waals surface area contributed by atoms with Crippen molar-refractivity contribution in [2.45, 2.75) is 20.3 Å². The van der Waals surface area contributed by atoms with Gasteiger partial charge in [0.05, 0.1) is 13.0 Å². The van der Waals surface area contributed by atoms with E-state index in [-0.39, 0.29) is 18.9 Å². The number of nitrogens with one attached hydrogen (secondary N) is 1. The highest BCUT2D eigenvalue weighted by molar-refractivity contribution is 6.04. The standard InChI is InChI=1S/C18H19NO4/c1-12-3-4-13(2)16(11-12)19-18(22)14-5-7-15(8-6-14)23-10-9-17(20)21/h3-8,11H,9-10H2,1-2H3,(H,19,22)(H,20,21). The van der Waals surface area contributed by atoms with Gasteiger partial charge < -0.3 is 15.2 Å². The van der Waals surface area contributed by atoms with Crippen LogP contribution in [0.25, 0.3) is 0 Å². The van der Waals surface area contributed by atoms with Gasteiger partial charge in [-0.1, -0.05) is 12.1 Å². The molecule has 0 aliphatic heterocycles. The summed E-state index contributed by atoms with van der Waals surface area (Å²) >= 11 is 0. The number of aliphatic carboxylic acids is 1. The van der Waals surface area contributed by atoms with Crippen molar-refractivity contribution in [3.05, 3.63) is 59.2 Å². The molecule has 0 atom stereocenters. The first-order valence-corrected chi connectivity index (χ1v) is 7.29. The Morgan fingerprint density at radius 1 is 1.09 bits per heavy atom. The van der Waals surface area contributed by atoms with E-state index in [1.54, 1.807) is 24.3 Å². The normalized spacial score (nSPS) is 10.2.